The van der Waals surface area contributed by atoms with Gasteiger partial charge in [0.25, 0.3) is 0 Å². The van der Waals surface area contributed by atoms with Crippen LogP contribution in [0.2, 0.25) is 0 Å². The summed E-state index contributed by atoms with van der Waals surface area (Å²) in [5, 5.41) is 6.15. The molecule has 92 valence electrons. The third kappa shape index (κ3) is 3.73. The number of carbonyl (C=O) groups excluding carboxylic acids is 1. The molecule has 16 heavy (non-hydrogen) atoms. The number of carbonyl (C=O) groups is 1. The van der Waals surface area contributed by atoms with E-state index in [9.17, 15) is 4.79 Å². The van der Waals surface area contributed by atoms with Crippen LogP contribution < -0.4 is 10.6 Å². The molecule has 2 fully saturated rings. The average Bonchev–Trinajstić information content (AvgIpc) is 2.25. The Morgan fingerprint density at radius 2 is 2.12 bits per heavy atom. The second-order valence-electron chi connectivity index (χ2n) is 4.53. The SMILES string of the molecule is O=C(CC1CNC1)NCCN1CCOCC1. The molecule has 2 saturated heterocycles. The van der Waals surface area contributed by atoms with Crippen molar-refractivity contribution in [2.75, 3.05) is 52.5 Å². The molecule has 0 aromatic heterocycles. The average molecular weight is 227 g/mol. The van der Waals surface area contributed by atoms with Crippen LogP contribution in [0.1, 0.15) is 6.42 Å². The zero-order valence-electron chi connectivity index (χ0n) is 9.71. The number of nitrogens with zero attached hydrogens (tertiary/aromatic N) is 1. The van der Waals surface area contributed by atoms with Crippen molar-refractivity contribution < 1.29 is 9.53 Å². The van der Waals surface area contributed by atoms with Crippen molar-refractivity contribution in [3.05, 3.63) is 0 Å². The second-order valence-corrected chi connectivity index (χ2v) is 4.53. The van der Waals surface area contributed by atoms with Crippen LogP contribution in [0, 0.1) is 5.92 Å². The van der Waals surface area contributed by atoms with Crippen molar-refractivity contribution >= 4 is 5.91 Å². The fourth-order valence-corrected chi connectivity index (χ4v) is 2.01. The maximum atomic E-state index is 11.5. The molecule has 0 aliphatic carbocycles. The Morgan fingerprint density at radius 3 is 2.75 bits per heavy atom. The highest BCUT2D eigenvalue weighted by molar-refractivity contribution is 5.76. The molecule has 2 aliphatic heterocycles. The highest BCUT2D eigenvalue weighted by Gasteiger charge is 2.19. The molecule has 0 radical (unpaired) electrons. The molecule has 0 atom stereocenters. The molecule has 0 spiro atoms. The molecule has 5 nitrogen and oxygen atoms in total. The van der Waals surface area contributed by atoms with Crippen LogP contribution >= 0.6 is 0 Å². The van der Waals surface area contributed by atoms with E-state index in [1.165, 1.54) is 0 Å². The highest BCUT2D eigenvalue weighted by atomic mass is 16.5. The summed E-state index contributed by atoms with van der Waals surface area (Å²) in [6.07, 6.45) is 0.677. The second kappa shape index (κ2) is 6.18. The third-order valence-corrected chi connectivity index (χ3v) is 3.19. The normalized spacial score (nSPS) is 22.8. The minimum absolute atomic E-state index is 0.194. The van der Waals surface area contributed by atoms with Crippen molar-refractivity contribution in [1.29, 1.82) is 0 Å². The van der Waals surface area contributed by atoms with Crippen LogP contribution in [-0.4, -0.2) is 63.3 Å². The summed E-state index contributed by atoms with van der Waals surface area (Å²) < 4.78 is 5.27. The summed E-state index contributed by atoms with van der Waals surface area (Å²) in [7, 11) is 0. The molecular weight excluding hydrogens is 206 g/mol. The first-order valence-electron chi connectivity index (χ1n) is 6.12. The van der Waals surface area contributed by atoms with Crippen LogP contribution in [-0.2, 0) is 9.53 Å². The van der Waals surface area contributed by atoms with Crippen LogP contribution in [0.3, 0.4) is 0 Å². The Hall–Kier alpha value is -0.650. The third-order valence-electron chi connectivity index (χ3n) is 3.19. The summed E-state index contributed by atoms with van der Waals surface area (Å²) >= 11 is 0. The first-order chi connectivity index (χ1) is 7.84. The van der Waals surface area contributed by atoms with Gasteiger partial charge in [-0.25, -0.2) is 0 Å². The molecule has 5 heteroatoms. The van der Waals surface area contributed by atoms with Gasteiger partial charge in [-0.3, -0.25) is 9.69 Å². The fraction of sp³-hybridized carbons (Fsp3) is 0.909. The van der Waals surface area contributed by atoms with Gasteiger partial charge in [0, 0.05) is 32.6 Å². The van der Waals surface area contributed by atoms with Crippen molar-refractivity contribution in [2.45, 2.75) is 6.42 Å². The van der Waals surface area contributed by atoms with E-state index in [1.54, 1.807) is 0 Å². The van der Waals surface area contributed by atoms with Gasteiger partial charge < -0.3 is 15.4 Å². The Kier molecular flexibility index (Phi) is 4.56. The van der Waals surface area contributed by atoms with E-state index in [0.717, 1.165) is 52.5 Å². The quantitative estimate of drug-likeness (QED) is 0.635. The molecule has 0 unspecified atom stereocenters. The van der Waals surface area contributed by atoms with Gasteiger partial charge in [-0.15, -0.1) is 0 Å². The topological polar surface area (TPSA) is 53.6 Å². The zero-order valence-corrected chi connectivity index (χ0v) is 9.71. The molecular formula is C11H21N3O2. The van der Waals surface area contributed by atoms with Gasteiger partial charge >= 0.3 is 0 Å². The Morgan fingerprint density at radius 1 is 1.38 bits per heavy atom. The predicted octanol–water partition coefficient (Wildman–Crippen LogP) is -0.956. The molecule has 0 aromatic rings. The standard InChI is InChI=1S/C11H21N3O2/c15-11(7-10-8-12-9-10)13-1-2-14-3-5-16-6-4-14/h10,12H,1-9H2,(H,13,15). The number of morpholine rings is 1. The van der Waals surface area contributed by atoms with Gasteiger partial charge in [-0.2, -0.15) is 0 Å². The molecule has 0 aromatic carbocycles. The first-order valence-corrected chi connectivity index (χ1v) is 6.12. The maximum Gasteiger partial charge on any atom is 0.220 e. The molecule has 2 rings (SSSR count). The van der Waals surface area contributed by atoms with Gasteiger partial charge in [0.15, 0.2) is 0 Å². The number of amides is 1. The van der Waals surface area contributed by atoms with Gasteiger partial charge in [-0.05, 0) is 19.0 Å². The van der Waals surface area contributed by atoms with Gasteiger partial charge in [0.2, 0.25) is 5.91 Å². The zero-order chi connectivity index (χ0) is 11.2. The molecule has 2 heterocycles. The van der Waals surface area contributed by atoms with Crippen molar-refractivity contribution in [3.63, 3.8) is 0 Å². The molecule has 2 N–H and O–H groups in total. The number of rotatable bonds is 5. The smallest absolute Gasteiger partial charge is 0.220 e. The summed E-state index contributed by atoms with van der Waals surface area (Å²) in [5.41, 5.74) is 0. The summed E-state index contributed by atoms with van der Waals surface area (Å²) in [6.45, 7) is 7.32. The first kappa shape index (κ1) is 11.8. The number of hydrogen-bond acceptors (Lipinski definition) is 4. The Bertz CT molecular complexity index is 225. The van der Waals surface area contributed by atoms with E-state index in [4.69, 9.17) is 4.74 Å². The monoisotopic (exact) mass is 227 g/mol. The summed E-state index contributed by atoms with van der Waals surface area (Å²) in [6, 6.07) is 0. The van der Waals surface area contributed by atoms with Crippen molar-refractivity contribution in [2.24, 2.45) is 5.92 Å². The largest absolute Gasteiger partial charge is 0.379 e. The van der Waals surface area contributed by atoms with E-state index in [1.807, 2.05) is 0 Å². The summed E-state index contributed by atoms with van der Waals surface area (Å²) in [4.78, 5) is 13.8. The van der Waals surface area contributed by atoms with E-state index < -0.39 is 0 Å². The predicted molar refractivity (Wildman–Crippen MR) is 61.2 cm³/mol. The maximum absolute atomic E-state index is 11.5. The lowest BCUT2D eigenvalue weighted by molar-refractivity contribution is -0.122. The van der Waals surface area contributed by atoms with E-state index in [-0.39, 0.29) is 5.91 Å². The number of hydrogen-bond donors (Lipinski definition) is 2. The minimum atomic E-state index is 0.194. The summed E-state index contributed by atoms with van der Waals surface area (Å²) in [5.74, 6) is 0.753. The Balaban J connectivity index is 1.51. The number of nitrogens with one attached hydrogen (secondary N) is 2. The number of ether oxygens (including phenoxy) is 1. The lowest BCUT2D eigenvalue weighted by Crippen LogP contribution is -2.45. The van der Waals surface area contributed by atoms with Gasteiger partial charge in [-0.1, -0.05) is 0 Å². The van der Waals surface area contributed by atoms with Crippen LogP contribution in [0.15, 0.2) is 0 Å². The van der Waals surface area contributed by atoms with Crippen molar-refractivity contribution in [1.82, 2.24) is 15.5 Å². The van der Waals surface area contributed by atoms with E-state index in [0.29, 0.717) is 12.3 Å². The molecule has 1 amide bonds. The van der Waals surface area contributed by atoms with Crippen LogP contribution in [0.5, 0.6) is 0 Å². The minimum Gasteiger partial charge on any atom is -0.379 e. The lowest BCUT2D eigenvalue weighted by atomic mass is 9.99. The van der Waals surface area contributed by atoms with Crippen molar-refractivity contribution in [3.8, 4) is 0 Å². The van der Waals surface area contributed by atoms with E-state index in [2.05, 4.69) is 15.5 Å². The van der Waals surface area contributed by atoms with Gasteiger partial charge in [0.05, 0.1) is 13.2 Å². The molecule has 0 bridgehead atoms. The van der Waals surface area contributed by atoms with Gasteiger partial charge in [0.1, 0.15) is 0 Å². The van der Waals surface area contributed by atoms with Crippen LogP contribution in [0.4, 0.5) is 0 Å². The lowest BCUT2D eigenvalue weighted by Gasteiger charge is -2.28. The van der Waals surface area contributed by atoms with E-state index >= 15 is 0 Å². The van der Waals surface area contributed by atoms with Crippen LogP contribution in [0.25, 0.3) is 0 Å². The molecule has 0 saturated carbocycles. The molecule has 2 aliphatic rings. The Labute approximate surface area is 96.5 Å². The highest BCUT2D eigenvalue weighted by Crippen LogP contribution is 2.07. The fourth-order valence-electron chi connectivity index (χ4n) is 2.01.